The first-order valence-corrected chi connectivity index (χ1v) is 8.02. The Bertz CT molecular complexity index is 541. The van der Waals surface area contributed by atoms with Gasteiger partial charge in [0.25, 0.3) is 0 Å². The number of carboxylic acid groups (broad SMARTS) is 1. The third-order valence-electron chi connectivity index (χ3n) is 3.62. The van der Waals surface area contributed by atoms with Crippen molar-refractivity contribution in [1.82, 2.24) is 4.90 Å². The van der Waals surface area contributed by atoms with Gasteiger partial charge in [-0.1, -0.05) is 0 Å². The number of rotatable bonds is 6. The Morgan fingerprint density at radius 1 is 1.41 bits per heavy atom. The number of hydrogen-bond acceptors (Lipinski definition) is 6. The molecule has 2 N–H and O–H groups in total. The molecule has 7 nitrogen and oxygen atoms in total. The van der Waals surface area contributed by atoms with Gasteiger partial charge in [0.05, 0.1) is 29.9 Å². The minimum absolute atomic E-state index is 0.00160. The smallest absolute Gasteiger partial charge is 0.353 e. The number of carbonyl (C=O) groups excluding carboxylic acids is 2. The summed E-state index contributed by atoms with van der Waals surface area (Å²) in [6.45, 7) is 4.99. The lowest BCUT2D eigenvalue weighted by Crippen LogP contribution is -2.61. The molecule has 0 aromatic carbocycles. The molecule has 2 aliphatic heterocycles. The second-order valence-electron chi connectivity index (χ2n) is 5.65. The Balaban J connectivity index is 2.09. The fourth-order valence-electron chi connectivity index (χ4n) is 2.80. The van der Waals surface area contributed by atoms with Crippen LogP contribution in [-0.4, -0.2) is 57.0 Å². The molecule has 0 radical (unpaired) electrons. The first-order chi connectivity index (χ1) is 10.2. The highest BCUT2D eigenvalue weighted by Gasteiger charge is 2.56. The molecule has 2 rings (SSSR count). The number of esters is 1. The lowest BCUT2D eigenvalue weighted by atomic mass is 9.83. The van der Waals surface area contributed by atoms with E-state index in [0.717, 1.165) is 11.8 Å². The van der Waals surface area contributed by atoms with E-state index < -0.39 is 24.0 Å². The molecule has 22 heavy (non-hydrogen) atoms. The molecule has 0 unspecified atom stereocenters. The minimum atomic E-state index is -1.19. The van der Waals surface area contributed by atoms with Crippen LogP contribution in [0.5, 0.6) is 0 Å². The topological polar surface area (TPSA) is 104 Å². The number of fused-ring (bicyclic) bond motifs is 1. The molecule has 0 aromatic heterocycles. The molecule has 3 atom stereocenters. The Morgan fingerprint density at radius 3 is 2.55 bits per heavy atom. The second-order valence-corrected chi connectivity index (χ2v) is 6.72. The van der Waals surface area contributed by atoms with Crippen LogP contribution in [0.4, 0.5) is 0 Å². The Kier molecular flexibility index (Phi) is 4.81. The predicted molar refractivity (Wildman–Crippen MR) is 78.8 cm³/mol. The average molecular weight is 329 g/mol. The summed E-state index contributed by atoms with van der Waals surface area (Å²) in [7, 11) is 0. The number of aliphatic carboxylic acids is 1. The predicted octanol–water partition coefficient (Wildman–Crippen LogP) is 0.579. The first kappa shape index (κ1) is 16.8. The molecule has 0 spiro atoms. The van der Waals surface area contributed by atoms with E-state index in [1.807, 2.05) is 0 Å². The monoisotopic (exact) mass is 329 g/mol. The molecule has 0 aromatic rings. The summed E-state index contributed by atoms with van der Waals surface area (Å²) in [5.41, 5.74) is -0.0748. The summed E-state index contributed by atoms with van der Waals surface area (Å²) in [4.78, 5) is 36.7. The summed E-state index contributed by atoms with van der Waals surface area (Å²) >= 11 is 1.08. The first-order valence-electron chi connectivity index (χ1n) is 7.03. The standard InChI is InChI=1S/C14H19NO6S/c1-6(2)21-10(17)5-22-9-4-8-11(7(3)16)13(18)15(8)12(9)14(19)20/h6-8,11,16H,4-5H2,1-3H3,(H,19,20)/t7-,8-,11-/m1/s1. The summed E-state index contributed by atoms with van der Waals surface area (Å²) in [5.74, 6) is -2.57. The number of aliphatic hydroxyl groups is 1. The van der Waals surface area contributed by atoms with Gasteiger partial charge >= 0.3 is 11.9 Å². The van der Waals surface area contributed by atoms with Gasteiger partial charge in [0.2, 0.25) is 5.91 Å². The maximum Gasteiger partial charge on any atom is 0.353 e. The van der Waals surface area contributed by atoms with Crippen molar-refractivity contribution in [3.8, 4) is 0 Å². The number of thioether (sulfide) groups is 1. The number of nitrogens with zero attached hydrogens (tertiary/aromatic N) is 1. The molecule has 0 aliphatic carbocycles. The summed E-state index contributed by atoms with van der Waals surface area (Å²) in [6, 6.07) is -0.331. The van der Waals surface area contributed by atoms with Crippen LogP contribution in [0.3, 0.4) is 0 Å². The minimum Gasteiger partial charge on any atom is -0.477 e. The van der Waals surface area contributed by atoms with E-state index in [2.05, 4.69) is 0 Å². The van der Waals surface area contributed by atoms with Crippen LogP contribution in [0, 0.1) is 5.92 Å². The van der Waals surface area contributed by atoms with Gasteiger partial charge in [0, 0.05) is 11.3 Å². The number of amides is 1. The van der Waals surface area contributed by atoms with Gasteiger partial charge < -0.3 is 19.8 Å². The van der Waals surface area contributed by atoms with Gasteiger partial charge in [-0.15, -0.1) is 11.8 Å². The zero-order valence-corrected chi connectivity index (χ0v) is 13.4. The van der Waals surface area contributed by atoms with Crippen molar-refractivity contribution in [2.75, 3.05) is 5.75 Å². The molecule has 1 amide bonds. The lowest BCUT2D eigenvalue weighted by Gasteiger charge is -2.44. The van der Waals surface area contributed by atoms with Crippen LogP contribution in [-0.2, 0) is 19.1 Å². The van der Waals surface area contributed by atoms with Crippen LogP contribution in [0.25, 0.3) is 0 Å². The van der Waals surface area contributed by atoms with E-state index in [-0.39, 0.29) is 29.5 Å². The highest BCUT2D eigenvalue weighted by molar-refractivity contribution is 8.03. The molecule has 2 heterocycles. The fraction of sp³-hybridized carbons (Fsp3) is 0.643. The van der Waals surface area contributed by atoms with E-state index in [4.69, 9.17) is 4.74 Å². The maximum atomic E-state index is 12.0. The summed E-state index contributed by atoms with van der Waals surface area (Å²) in [6.07, 6.45) is -0.701. The number of carboxylic acids is 1. The van der Waals surface area contributed by atoms with Crippen molar-refractivity contribution in [2.24, 2.45) is 5.92 Å². The van der Waals surface area contributed by atoms with Crippen LogP contribution >= 0.6 is 11.8 Å². The Labute approximate surface area is 132 Å². The Morgan fingerprint density at radius 2 is 2.05 bits per heavy atom. The number of β-lactam (4-membered cyclic amide) rings is 1. The molecule has 8 heteroatoms. The molecule has 1 saturated heterocycles. The summed E-state index contributed by atoms with van der Waals surface area (Å²) < 4.78 is 5.01. The van der Waals surface area contributed by atoms with E-state index in [1.54, 1.807) is 13.8 Å². The van der Waals surface area contributed by atoms with Crippen molar-refractivity contribution < 1.29 is 29.3 Å². The summed E-state index contributed by atoms with van der Waals surface area (Å²) in [5, 5.41) is 18.9. The van der Waals surface area contributed by atoms with Crippen molar-refractivity contribution in [1.29, 1.82) is 0 Å². The number of ether oxygens (including phenoxy) is 1. The molecular weight excluding hydrogens is 310 g/mol. The van der Waals surface area contributed by atoms with Crippen LogP contribution < -0.4 is 0 Å². The lowest BCUT2D eigenvalue weighted by molar-refractivity contribution is -0.161. The molecule has 1 fully saturated rings. The van der Waals surface area contributed by atoms with Gasteiger partial charge in [-0.2, -0.15) is 0 Å². The zero-order chi connectivity index (χ0) is 16.6. The van der Waals surface area contributed by atoms with Crippen LogP contribution in [0.15, 0.2) is 10.6 Å². The zero-order valence-electron chi connectivity index (χ0n) is 12.6. The highest BCUT2D eigenvalue weighted by Crippen LogP contribution is 2.46. The van der Waals surface area contributed by atoms with E-state index in [1.165, 1.54) is 11.8 Å². The molecule has 0 bridgehead atoms. The number of hydrogen-bond donors (Lipinski definition) is 2. The molecule has 2 aliphatic rings. The molecule has 122 valence electrons. The van der Waals surface area contributed by atoms with Crippen molar-refractivity contribution in [2.45, 2.75) is 45.4 Å². The van der Waals surface area contributed by atoms with E-state index in [9.17, 15) is 24.6 Å². The third-order valence-corrected chi connectivity index (χ3v) is 4.71. The van der Waals surface area contributed by atoms with Gasteiger partial charge in [0.15, 0.2) is 0 Å². The quantitative estimate of drug-likeness (QED) is 0.542. The van der Waals surface area contributed by atoms with Crippen LogP contribution in [0.1, 0.15) is 27.2 Å². The molecular formula is C14H19NO6S. The average Bonchev–Trinajstić information content (AvgIpc) is 2.69. The van der Waals surface area contributed by atoms with E-state index >= 15 is 0 Å². The van der Waals surface area contributed by atoms with Gasteiger partial charge in [-0.05, 0) is 20.8 Å². The fourth-order valence-corrected chi connectivity index (χ4v) is 3.77. The number of aliphatic hydroxyl groups excluding tert-OH is 1. The Hall–Kier alpha value is -1.54. The van der Waals surface area contributed by atoms with Gasteiger partial charge in [-0.25, -0.2) is 4.79 Å². The third kappa shape index (κ3) is 2.98. The van der Waals surface area contributed by atoms with Crippen molar-refractivity contribution in [3.63, 3.8) is 0 Å². The van der Waals surface area contributed by atoms with Crippen molar-refractivity contribution in [3.05, 3.63) is 10.6 Å². The maximum absolute atomic E-state index is 12.0. The van der Waals surface area contributed by atoms with Gasteiger partial charge in [-0.3, -0.25) is 9.59 Å². The largest absolute Gasteiger partial charge is 0.477 e. The second kappa shape index (κ2) is 6.29. The molecule has 0 saturated carbocycles. The van der Waals surface area contributed by atoms with Gasteiger partial charge in [0.1, 0.15) is 5.70 Å². The van der Waals surface area contributed by atoms with E-state index in [0.29, 0.717) is 11.3 Å². The SMILES string of the molecule is CC(C)OC(=O)CSC1=C(C(=O)O)N2C(=O)[C@H]([C@@H](C)O)[C@H]2C1. The van der Waals surface area contributed by atoms with Crippen molar-refractivity contribution >= 4 is 29.6 Å². The van der Waals surface area contributed by atoms with Crippen LogP contribution in [0.2, 0.25) is 0 Å². The highest BCUT2D eigenvalue weighted by atomic mass is 32.2. The number of carbonyl (C=O) groups is 3. The normalized spacial score (nSPS) is 25.1.